The molecule has 28 heavy (non-hydrogen) atoms. The van der Waals surface area contributed by atoms with E-state index in [2.05, 4.69) is 9.97 Å². The molecule has 0 radical (unpaired) electrons. The van der Waals surface area contributed by atoms with Gasteiger partial charge in [-0.25, -0.2) is 0 Å². The average molecular weight is 398 g/mol. The number of methoxy groups -OCH3 is 1. The number of fused-ring (bicyclic) bond motifs is 1. The molecule has 0 saturated carbocycles. The van der Waals surface area contributed by atoms with Gasteiger partial charge in [0.2, 0.25) is 0 Å². The lowest BCUT2D eigenvalue weighted by Crippen LogP contribution is -2.24. The lowest BCUT2D eigenvalue weighted by molar-refractivity contribution is -0.154. The topological polar surface area (TPSA) is 78.4 Å². The number of ether oxygens (including phenoxy) is 2. The number of esters is 1. The van der Waals surface area contributed by atoms with Gasteiger partial charge in [-0.2, -0.15) is 4.98 Å². The Balaban J connectivity index is 1.85. The number of aromatic nitrogens is 2. The van der Waals surface area contributed by atoms with Crippen LogP contribution in [0, 0.1) is 0 Å². The summed E-state index contributed by atoms with van der Waals surface area (Å²) >= 11 is 1.38. The molecule has 7 heteroatoms. The van der Waals surface area contributed by atoms with Crippen molar-refractivity contribution >= 4 is 27.4 Å². The third-order valence-electron chi connectivity index (χ3n) is 3.86. The van der Waals surface area contributed by atoms with Crippen molar-refractivity contribution in [3.63, 3.8) is 0 Å². The maximum absolute atomic E-state index is 12.4. The summed E-state index contributed by atoms with van der Waals surface area (Å²) in [5.74, 6) is 0.416. The van der Waals surface area contributed by atoms with Crippen molar-refractivity contribution in [1.82, 2.24) is 9.97 Å². The summed E-state index contributed by atoms with van der Waals surface area (Å²) < 4.78 is 11.4. The van der Waals surface area contributed by atoms with Gasteiger partial charge in [0.1, 0.15) is 16.4 Å². The second-order valence-electron chi connectivity index (χ2n) is 7.29. The summed E-state index contributed by atoms with van der Waals surface area (Å²) in [6, 6.07) is 10.8. The maximum atomic E-state index is 12.4. The molecule has 0 N–H and O–H groups in total. The van der Waals surface area contributed by atoms with Crippen molar-refractivity contribution < 1.29 is 14.3 Å². The largest absolute Gasteiger partial charge is 0.497 e. The first-order valence-electron chi connectivity index (χ1n) is 8.92. The van der Waals surface area contributed by atoms with Crippen molar-refractivity contribution in [2.75, 3.05) is 7.11 Å². The molecular formula is C21H22N2O4S. The van der Waals surface area contributed by atoms with Gasteiger partial charge in [-0.05, 0) is 51.1 Å². The molecule has 3 rings (SSSR count). The number of aryl methyl sites for hydroxylation is 1. The summed E-state index contributed by atoms with van der Waals surface area (Å²) in [5, 5.41) is 1.08. The average Bonchev–Trinajstić information content (AvgIpc) is 2.64. The van der Waals surface area contributed by atoms with Gasteiger partial charge in [0.15, 0.2) is 0 Å². The van der Waals surface area contributed by atoms with Gasteiger partial charge in [0.05, 0.1) is 24.6 Å². The number of nitrogens with zero attached hydrogens (tertiary/aromatic N) is 2. The zero-order valence-electron chi connectivity index (χ0n) is 16.3. The predicted octanol–water partition coefficient (Wildman–Crippen LogP) is 4.00. The quantitative estimate of drug-likeness (QED) is 0.605. The molecule has 0 aliphatic rings. The fourth-order valence-electron chi connectivity index (χ4n) is 2.64. The first-order chi connectivity index (χ1) is 13.2. The molecule has 0 bridgehead atoms. The van der Waals surface area contributed by atoms with E-state index in [1.165, 1.54) is 11.3 Å². The van der Waals surface area contributed by atoms with Crippen LogP contribution >= 0.6 is 11.3 Å². The van der Waals surface area contributed by atoms with Crippen LogP contribution in [0.3, 0.4) is 0 Å². The fourth-order valence-corrected chi connectivity index (χ4v) is 3.64. The summed E-state index contributed by atoms with van der Waals surface area (Å²) in [6.07, 6.45) is 0.700. The van der Waals surface area contributed by atoms with Crippen LogP contribution in [0.4, 0.5) is 0 Å². The summed E-state index contributed by atoms with van der Waals surface area (Å²) in [5.41, 5.74) is 0.547. The monoisotopic (exact) mass is 398 g/mol. The molecule has 0 unspecified atom stereocenters. The standard InChI is InChI=1S/C21H22N2O4S/c1-21(2,3)27-18(24)11-8-13-6-5-7-16(22-13)20-23-19(25)15-10-9-14(26-4)12-17(15)28-20/h5-7,9-10,12H,8,11H2,1-4H3. The highest BCUT2D eigenvalue weighted by atomic mass is 32.1. The maximum Gasteiger partial charge on any atom is 0.306 e. The summed E-state index contributed by atoms with van der Waals surface area (Å²) in [7, 11) is 1.59. The highest BCUT2D eigenvalue weighted by Crippen LogP contribution is 2.27. The second kappa shape index (κ2) is 8.06. The summed E-state index contributed by atoms with van der Waals surface area (Å²) in [6.45, 7) is 5.52. The van der Waals surface area contributed by atoms with E-state index in [0.717, 1.165) is 10.4 Å². The van der Waals surface area contributed by atoms with Crippen LogP contribution in [-0.2, 0) is 16.0 Å². The van der Waals surface area contributed by atoms with Crippen LogP contribution in [0.5, 0.6) is 5.75 Å². The van der Waals surface area contributed by atoms with E-state index in [-0.39, 0.29) is 17.9 Å². The normalized spacial score (nSPS) is 11.4. The first kappa shape index (κ1) is 19.9. The molecule has 0 fully saturated rings. The molecule has 0 spiro atoms. The Morgan fingerprint density at radius 1 is 1.14 bits per heavy atom. The lowest BCUT2D eigenvalue weighted by Gasteiger charge is -2.19. The van der Waals surface area contributed by atoms with E-state index in [9.17, 15) is 9.59 Å². The van der Waals surface area contributed by atoms with Crippen LogP contribution < -0.4 is 10.3 Å². The highest BCUT2D eigenvalue weighted by Gasteiger charge is 2.16. The smallest absolute Gasteiger partial charge is 0.306 e. The van der Waals surface area contributed by atoms with Gasteiger partial charge >= 0.3 is 5.97 Å². The van der Waals surface area contributed by atoms with Gasteiger partial charge < -0.3 is 9.47 Å². The Bertz CT molecular complexity index is 1070. The van der Waals surface area contributed by atoms with E-state index in [0.29, 0.717) is 28.3 Å². The Kier molecular flexibility index (Phi) is 5.74. The van der Waals surface area contributed by atoms with Crippen LogP contribution in [-0.4, -0.2) is 28.6 Å². The molecule has 146 valence electrons. The molecular weight excluding hydrogens is 376 g/mol. The van der Waals surface area contributed by atoms with E-state index in [1.807, 2.05) is 39.0 Å². The molecule has 3 aromatic rings. The number of carbonyl (C=O) groups is 1. The molecule has 0 amide bonds. The number of carbonyl (C=O) groups excluding carboxylic acids is 1. The van der Waals surface area contributed by atoms with Crippen molar-refractivity contribution in [2.24, 2.45) is 0 Å². The molecule has 2 aromatic heterocycles. The molecule has 0 aliphatic heterocycles. The number of hydrogen-bond donors (Lipinski definition) is 0. The SMILES string of the molecule is COc1ccc2c(=O)nc(-c3cccc(CCC(=O)OC(C)(C)C)n3)sc2c1. The van der Waals surface area contributed by atoms with Crippen LogP contribution in [0.2, 0.25) is 0 Å². The van der Waals surface area contributed by atoms with E-state index < -0.39 is 5.60 Å². The zero-order valence-corrected chi connectivity index (χ0v) is 17.1. The molecule has 6 nitrogen and oxygen atoms in total. The van der Waals surface area contributed by atoms with Crippen LogP contribution in [0.1, 0.15) is 32.9 Å². The zero-order chi connectivity index (χ0) is 20.3. The Labute approximate surface area is 167 Å². The molecule has 0 atom stereocenters. The highest BCUT2D eigenvalue weighted by molar-refractivity contribution is 7.21. The van der Waals surface area contributed by atoms with Crippen LogP contribution in [0.25, 0.3) is 20.8 Å². The van der Waals surface area contributed by atoms with E-state index in [4.69, 9.17) is 9.47 Å². The minimum absolute atomic E-state index is 0.242. The second-order valence-corrected chi connectivity index (χ2v) is 8.32. The third-order valence-corrected chi connectivity index (χ3v) is 4.91. The van der Waals surface area contributed by atoms with Crippen molar-refractivity contribution in [3.05, 3.63) is 52.4 Å². The Morgan fingerprint density at radius 2 is 1.93 bits per heavy atom. The minimum atomic E-state index is -0.505. The van der Waals surface area contributed by atoms with E-state index >= 15 is 0 Å². The van der Waals surface area contributed by atoms with Crippen LogP contribution in [0.15, 0.2) is 41.2 Å². The number of pyridine rings is 1. The first-order valence-corrected chi connectivity index (χ1v) is 9.74. The van der Waals surface area contributed by atoms with Crippen molar-refractivity contribution in [1.29, 1.82) is 0 Å². The minimum Gasteiger partial charge on any atom is -0.497 e. The van der Waals surface area contributed by atoms with E-state index in [1.54, 1.807) is 25.3 Å². The third kappa shape index (κ3) is 4.92. The molecule has 1 aromatic carbocycles. The number of rotatable bonds is 5. The van der Waals surface area contributed by atoms with Gasteiger partial charge in [0.25, 0.3) is 5.56 Å². The summed E-state index contributed by atoms with van der Waals surface area (Å²) in [4.78, 5) is 33.0. The molecule has 0 aliphatic carbocycles. The lowest BCUT2D eigenvalue weighted by atomic mass is 10.1. The molecule has 2 heterocycles. The number of hydrogen-bond acceptors (Lipinski definition) is 7. The fraction of sp³-hybridized carbons (Fsp3) is 0.333. The Morgan fingerprint density at radius 3 is 2.64 bits per heavy atom. The Hall–Kier alpha value is -2.80. The predicted molar refractivity (Wildman–Crippen MR) is 110 cm³/mol. The van der Waals surface area contributed by atoms with Gasteiger partial charge in [-0.3, -0.25) is 14.6 Å². The number of benzene rings is 1. The van der Waals surface area contributed by atoms with Gasteiger partial charge in [-0.15, -0.1) is 11.3 Å². The van der Waals surface area contributed by atoms with Crippen molar-refractivity contribution in [2.45, 2.75) is 39.2 Å². The molecule has 0 saturated heterocycles. The van der Waals surface area contributed by atoms with Crippen molar-refractivity contribution in [3.8, 4) is 16.5 Å². The van der Waals surface area contributed by atoms with Gasteiger partial charge in [-0.1, -0.05) is 6.07 Å². The van der Waals surface area contributed by atoms with Gasteiger partial charge in [0, 0.05) is 16.8 Å².